The number of ether oxygens (including phenoxy) is 3. The molecular formula is C27H28N6O11S2. The molecule has 3 amide bonds. The third-order valence-corrected chi connectivity index (χ3v) is 8.11. The van der Waals surface area contributed by atoms with Crippen molar-refractivity contribution in [2.24, 2.45) is 5.16 Å². The molecule has 1 fully saturated rings. The number of carbonyl (C=O) groups is 5. The number of oxime groups is 1. The van der Waals surface area contributed by atoms with Crippen molar-refractivity contribution in [3.8, 4) is 0 Å². The zero-order valence-corrected chi connectivity index (χ0v) is 26.5. The molecule has 1 unspecified atom stereocenters. The number of β-lactam (4-membered cyclic amide) rings is 1. The van der Waals surface area contributed by atoms with Crippen LogP contribution in [-0.2, 0) is 49.6 Å². The summed E-state index contributed by atoms with van der Waals surface area (Å²) < 4.78 is 15.9. The van der Waals surface area contributed by atoms with E-state index in [0.717, 1.165) is 16.2 Å². The lowest BCUT2D eigenvalue weighted by atomic mass is 10.0. The molecule has 17 nitrogen and oxygen atoms in total. The average Bonchev–Trinajstić information content (AvgIpc) is 3.47. The number of anilines is 1. The molecule has 19 heteroatoms. The van der Waals surface area contributed by atoms with Crippen LogP contribution in [0, 0.1) is 10.1 Å². The SMILES string of the molecule is COC1=C(C(=O)OCc2ccc([N+](=O)[O-])cc2)N2C(=O)C(NC(=O)/C(=N\OCC(=O)OC(C)(C)C)c3csc(NC=O)n3)[C@H]2SC1. The van der Waals surface area contributed by atoms with Crippen LogP contribution in [0.4, 0.5) is 10.8 Å². The Bertz CT molecular complexity index is 1600. The maximum Gasteiger partial charge on any atom is 0.358 e. The van der Waals surface area contributed by atoms with Crippen molar-refractivity contribution in [3.63, 3.8) is 0 Å². The van der Waals surface area contributed by atoms with Crippen LogP contribution in [0.15, 0.2) is 46.3 Å². The quantitative estimate of drug-likeness (QED) is 0.0772. The van der Waals surface area contributed by atoms with Gasteiger partial charge in [-0.1, -0.05) is 5.16 Å². The summed E-state index contributed by atoms with van der Waals surface area (Å²) in [5.74, 6) is -2.77. The van der Waals surface area contributed by atoms with Crippen molar-refractivity contribution >= 4 is 69.8 Å². The smallest absolute Gasteiger partial charge is 0.358 e. The Morgan fingerprint density at radius 1 is 1.24 bits per heavy atom. The summed E-state index contributed by atoms with van der Waals surface area (Å²) in [5.41, 5.74) is -0.955. The number of hydrogen-bond acceptors (Lipinski definition) is 15. The van der Waals surface area contributed by atoms with Crippen LogP contribution in [0.25, 0.3) is 0 Å². The largest absolute Gasteiger partial charge is 0.498 e. The predicted molar refractivity (Wildman–Crippen MR) is 162 cm³/mol. The molecule has 4 rings (SSSR count). The Morgan fingerprint density at radius 3 is 2.59 bits per heavy atom. The van der Waals surface area contributed by atoms with E-state index in [9.17, 15) is 34.1 Å². The summed E-state index contributed by atoms with van der Waals surface area (Å²) in [5, 5.41) is 20.4. The van der Waals surface area contributed by atoms with Crippen molar-refractivity contribution < 1.29 is 47.9 Å². The number of nitrogens with one attached hydrogen (secondary N) is 2. The Kier molecular flexibility index (Phi) is 10.6. The summed E-state index contributed by atoms with van der Waals surface area (Å²) in [6.45, 7) is 4.15. The molecule has 0 bridgehead atoms. The van der Waals surface area contributed by atoms with E-state index in [1.54, 1.807) is 20.8 Å². The number of benzene rings is 1. The number of fused-ring (bicyclic) bond motifs is 1. The zero-order chi connectivity index (χ0) is 33.6. The number of nitro benzene ring substituents is 1. The van der Waals surface area contributed by atoms with E-state index < -0.39 is 52.3 Å². The minimum atomic E-state index is -1.10. The van der Waals surface area contributed by atoms with Crippen molar-refractivity contribution in [3.05, 3.63) is 62.5 Å². The molecule has 2 N–H and O–H groups in total. The van der Waals surface area contributed by atoms with Gasteiger partial charge >= 0.3 is 11.9 Å². The highest BCUT2D eigenvalue weighted by molar-refractivity contribution is 8.00. The maximum atomic E-state index is 13.4. The Morgan fingerprint density at radius 2 is 1.96 bits per heavy atom. The third kappa shape index (κ3) is 7.96. The summed E-state index contributed by atoms with van der Waals surface area (Å²) in [4.78, 5) is 83.4. The number of non-ortho nitro benzene ring substituents is 1. The molecule has 2 aromatic rings. The molecular weight excluding hydrogens is 648 g/mol. The van der Waals surface area contributed by atoms with E-state index in [1.165, 1.54) is 48.5 Å². The van der Waals surface area contributed by atoms with Crippen LogP contribution in [0.1, 0.15) is 32.0 Å². The molecule has 2 aliphatic rings. The van der Waals surface area contributed by atoms with Gasteiger partial charge in [0.05, 0.1) is 17.8 Å². The predicted octanol–water partition coefficient (Wildman–Crippen LogP) is 1.68. The zero-order valence-electron chi connectivity index (χ0n) is 24.8. The van der Waals surface area contributed by atoms with Crippen molar-refractivity contribution in [2.45, 2.75) is 44.4 Å². The summed E-state index contributed by atoms with van der Waals surface area (Å²) >= 11 is 2.22. The van der Waals surface area contributed by atoms with E-state index in [2.05, 4.69) is 20.8 Å². The molecule has 3 heterocycles. The van der Waals surface area contributed by atoms with E-state index in [1.807, 2.05) is 0 Å². The second-order valence-electron chi connectivity index (χ2n) is 10.4. The van der Waals surface area contributed by atoms with E-state index in [0.29, 0.717) is 12.0 Å². The molecule has 1 aromatic heterocycles. The monoisotopic (exact) mass is 676 g/mol. The number of hydrogen-bond donors (Lipinski definition) is 2. The molecule has 0 spiro atoms. The lowest BCUT2D eigenvalue weighted by molar-refractivity contribution is -0.384. The number of rotatable bonds is 13. The molecule has 0 radical (unpaired) electrons. The first-order valence-electron chi connectivity index (χ1n) is 13.3. The number of thioether (sulfide) groups is 1. The Hall–Kier alpha value is -5.04. The van der Waals surface area contributed by atoms with E-state index in [-0.39, 0.29) is 46.0 Å². The summed E-state index contributed by atoms with van der Waals surface area (Å²) in [7, 11) is 1.34. The van der Waals surface area contributed by atoms with Gasteiger partial charge in [0.2, 0.25) is 13.0 Å². The van der Waals surface area contributed by atoms with Gasteiger partial charge in [-0.2, -0.15) is 0 Å². The Balaban J connectivity index is 1.47. The standard InChI is InChI=1S/C27H28N6O11S2/c1-27(2,3)44-18(35)10-43-31-19(16-11-46-26(29-16)28-13-34)22(36)30-20-23(37)32-21(17(41-4)12-45-24(20)32)25(38)42-9-14-5-7-15(8-6-14)33(39)40/h5-8,11,13,20,24H,9-10,12H2,1-4H3,(H,30,36)(H,28,29,34)/b31-19-/t20?,24-/m1/s1. The molecule has 2 aliphatic heterocycles. The number of esters is 2. The molecule has 1 aromatic carbocycles. The van der Waals surface area contributed by atoms with Crippen molar-refractivity contribution in [1.29, 1.82) is 0 Å². The number of nitrogens with zero attached hydrogens (tertiary/aromatic N) is 4. The summed E-state index contributed by atoms with van der Waals surface area (Å²) in [6.07, 6.45) is 0.400. The second kappa shape index (κ2) is 14.4. The summed E-state index contributed by atoms with van der Waals surface area (Å²) in [6, 6.07) is 4.32. The first-order chi connectivity index (χ1) is 21.8. The van der Waals surface area contributed by atoms with Gasteiger partial charge in [0.25, 0.3) is 17.5 Å². The molecule has 0 saturated carbocycles. The minimum Gasteiger partial charge on any atom is -0.498 e. The number of aromatic nitrogens is 1. The van der Waals surface area contributed by atoms with Gasteiger partial charge in [-0.25, -0.2) is 14.6 Å². The maximum absolute atomic E-state index is 13.4. The van der Waals surface area contributed by atoms with Gasteiger partial charge in [0.1, 0.15) is 35.1 Å². The average molecular weight is 677 g/mol. The number of carbonyl (C=O) groups excluding carboxylic acids is 5. The highest BCUT2D eigenvalue weighted by Crippen LogP contribution is 2.41. The second-order valence-corrected chi connectivity index (χ2v) is 12.4. The van der Waals surface area contributed by atoms with Crippen molar-refractivity contribution in [2.75, 3.05) is 24.8 Å². The van der Waals surface area contributed by atoms with E-state index in [4.69, 9.17) is 19.0 Å². The van der Waals surface area contributed by atoms with Crippen molar-refractivity contribution in [1.82, 2.24) is 15.2 Å². The minimum absolute atomic E-state index is 0.00644. The fourth-order valence-electron chi connectivity index (χ4n) is 4.10. The van der Waals surface area contributed by atoms with Gasteiger partial charge in [-0.05, 0) is 38.5 Å². The lowest BCUT2D eigenvalue weighted by Gasteiger charge is -2.49. The van der Waals surface area contributed by atoms with Gasteiger partial charge < -0.3 is 29.7 Å². The van der Waals surface area contributed by atoms with Crippen LogP contribution in [0.5, 0.6) is 0 Å². The number of thiazole rings is 1. The molecule has 46 heavy (non-hydrogen) atoms. The van der Waals surface area contributed by atoms with Crippen LogP contribution in [-0.4, -0.2) is 87.2 Å². The van der Waals surface area contributed by atoms with Gasteiger partial charge in [0, 0.05) is 17.5 Å². The molecule has 244 valence electrons. The Labute approximate surface area is 269 Å². The topological polar surface area (TPSA) is 218 Å². The van der Waals surface area contributed by atoms with Gasteiger partial charge in [0.15, 0.2) is 16.5 Å². The number of nitro groups is 1. The van der Waals surface area contributed by atoms with Crippen LogP contribution in [0.2, 0.25) is 0 Å². The normalized spacial score (nSPS) is 17.7. The first-order valence-corrected chi connectivity index (χ1v) is 15.3. The molecule has 0 aliphatic carbocycles. The molecule has 2 atom stereocenters. The van der Waals surface area contributed by atoms with Crippen LogP contribution >= 0.6 is 23.1 Å². The van der Waals surface area contributed by atoms with Gasteiger partial charge in [-0.3, -0.25) is 29.4 Å². The fraction of sp³-hybridized carbons (Fsp3) is 0.370. The lowest BCUT2D eigenvalue weighted by Crippen LogP contribution is -2.71. The molecule has 1 saturated heterocycles. The fourth-order valence-corrected chi connectivity index (χ4v) is 6.07. The first kappa shape index (κ1) is 33.8. The van der Waals surface area contributed by atoms with E-state index >= 15 is 0 Å². The third-order valence-electron chi connectivity index (χ3n) is 6.08. The van der Waals surface area contributed by atoms with Crippen LogP contribution < -0.4 is 10.6 Å². The number of methoxy groups -OCH3 is 1. The highest BCUT2D eigenvalue weighted by atomic mass is 32.2. The van der Waals surface area contributed by atoms with Crippen LogP contribution in [0.3, 0.4) is 0 Å². The number of amides is 3. The van der Waals surface area contributed by atoms with Gasteiger partial charge in [-0.15, -0.1) is 23.1 Å². The highest BCUT2D eigenvalue weighted by Gasteiger charge is 2.55.